The minimum atomic E-state index is -0.261. The van der Waals surface area contributed by atoms with Crippen LogP contribution in [0, 0.1) is 13.8 Å². The van der Waals surface area contributed by atoms with Gasteiger partial charge in [-0.3, -0.25) is 9.59 Å². The number of amides is 2. The van der Waals surface area contributed by atoms with Gasteiger partial charge in [0.2, 0.25) is 5.91 Å². The van der Waals surface area contributed by atoms with E-state index in [9.17, 15) is 9.59 Å². The molecule has 0 aliphatic heterocycles. The van der Waals surface area contributed by atoms with E-state index in [2.05, 4.69) is 10.6 Å². The highest BCUT2D eigenvalue weighted by Crippen LogP contribution is 2.17. The zero-order chi connectivity index (χ0) is 16.2. The molecule has 0 saturated heterocycles. The summed E-state index contributed by atoms with van der Waals surface area (Å²) in [5, 5.41) is 5.60. The average Bonchev–Trinajstić information content (AvgIpc) is 2.31. The topological polar surface area (TPSA) is 84.2 Å². The first-order chi connectivity index (χ1) is 9.60. The molecule has 0 saturated carbocycles. The van der Waals surface area contributed by atoms with Crippen LogP contribution in [-0.4, -0.2) is 23.9 Å². The minimum absolute atomic E-state index is 0.0806. The van der Waals surface area contributed by atoms with Gasteiger partial charge < -0.3 is 16.4 Å². The van der Waals surface area contributed by atoms with Crippen molar-refractivity contribution in [3.8, 4) is 0 Å². The summed E-state index contributed by atoms with van der Waals surface area (Å²) in [6, 6.07) is 3.56. The molecule has 0 spiro atoms. The van der Waals surface area contributed by atoms with Crippen molar-refractivity contribution in [3.05, 3.63) is 28.8 Å². The smallest absolute Gasteiger partial charge is 0.251 e. The van der Waals surface area contributed by atoms with Gasteiger partial charge in [0.25, 0.3) is 5.91 Å². The number of anilines is 1. The Bertz CT molecular complexity index is 545. The maximum Gasteiger partial charge on any atom is 0.251 e. The Morgan fingerprint density at radius 2 is 1.76 bits per heavy atom. The Morgan fingerprint density at radius 3 is 2.33 bits per heavy atom. The number of carbonyl (C=O) groups is 2. The largest absolute Gasteiger partial charge is 0.398 e. The highest BCUT2D eigenvalue weighted by Gasteiger charge is 2.14. The molecular formula is C16H25N3O2. The molecule has 0 bridgehead atoms. The number of hydrogen-bond acceptors (Lipinski definition) is 3. The van der Waals surface area contributed by atoms with Crippen molar-refractivity contribution < 1.29 is 9.59 Å². The van der Waals surface area contributed by atoms with E-state index in [4.69, 9.17) is 5.73 Å². The van der Waals surface area contributed by atoms with Gasteiger partial charge in [0.15, 0.2) is 0 Å². The molecule has 0 aliphatic rings. The molecule has 0 fully saturated rings. The third-order valence-electron chi connectivity index (χ3n) is 3.01. The second-order valence-corrected chi connectivity index (χ2v) is 6.33. The molecule has 0 aliphatic carbocycles. The van der Waals surface area contributed by atoms with E-state index in [-0.39, 0.29) is 23.8 Å². The lowest BCUT2D eigenvalue weighted by molar-refractivity contribution is -0.122. The highest BCUT2D eigenvalue weighted by molar-refractivity contribution is 5.97. The fraction of sp³-hybridized carbons (Fsp3) is 0.500. The number of hydrogen-bond donors (Lipinski definition) is 3. The second kappa shape index (κ2) is 6.61. The minimum Gasteiger partial charge on any atom is -0.398 e. The van der Waals surface area contributed by atoms with Crippen molar-refractivity contribution in [2.24, 2.45) is 0 Å². The number of carbonyl (C=O) groups excluding carboxylic acids is 2. The van der Waals surface area contributed by atoms with Gasteiger partial charge in [-0.1, -0.05) is 6.07 Å². The van der Waals surface area contributed by atoms with Crippen LogP contribution < -0.4 is 16.4 Å². The van der Waals surface area contributed by atoms with E-state index >= 15 is 0 Å². The summed E-state index contributed by atoms with van der Waals surface area (Å²) >= 11 is 0. The molecule has 0 heterocycles. The van der Waals surface area contributed by atoms with Crippen LogP contribution >= 0.6 is 0 Å². The Morgan fingerprint density at radius 1 is 1.14 bits per heavy atom. The number of nitrogens with one attached hydrogen (secondary N) is 2. The van der Waals surface area contributed by atoms with Crippen molar-refractivity contribution in [2.45, 2.75) is 46.6 Å². The van der Waals surface area contributed by atoms with Crippen molar-refractivity contribution in [3.63, 3.8) is 0 Å². The standard InChI is InChI=1S/C16H25N3O2/c1-10-8-11(2)13(17)9-12(10)15(21)18-7-6-14(20)19-16(3,4)5/h8-9H,6-7,17H2,1-5H3,(H,18,21)(H,19,20). The first-order valence-corrected chi connectivity index (χ1v) is 7.06. The monoisotopic (exact) mass is 291 g/mol. The molecule has 1 aromatic rings. The molecule has 1 aromatic carbocycles. The molecule has 21 heavy (non-hydrogen) atoms. The van der Waals surface area contributed by atoms with E-state index < -0.39 is 0 Å². The summed E-state index contributed by atoms with van der Waals surface area (Å²) in [7, 11) is 0. The summed E-state index contributed by atoms with van der Waals surface area (Å²) in [5.41, 5.74) is 8.54. The predicted octanol–water partition coefficient (Wildman–Crippen LogP) is 1.92. The van der Waals surface area contributed by atoms with Gasteiger partial charge >= 0.3 is 0 Å². The number of aryl methyl sites for hydroxylation is 2. The van der Waals surface area contributed by atoms with Gasteiger partial charge in [0, 0.05) is 29.8 Å². The molecule has 0 radical (unpaired) electrons. The van der Waals surface area contributed by atoms with E-state index in [1.54, 1.807) is 6.07 Å². The SMILES string of the molecule is Cc1cc(C)c(C(=O)NCCC(=O)NC(C)(C)C)cc1N. The van der Waals surface area contributed by atoms with Crippen molar-refractivity contribution in [1.29, 1.82) is 0 Å². The first kappa shape index (κ1) is 17.0. The fourth-order valence-corrected chi connectivity index (χ4v) is 1.98. The van der Waals surface area contributed by atoms with Crippen molar-refractivity contribution >= 4 is 17.5 Å². The van der Waals surface area contributed by atoms with Crippen LogP contribution in [0.1, 0.15) is 48.7 Å². The molecule has 5 nitrogen and oxygen atoms in total. The van der Waals surface area contributed by atoms with Gasteiger partial charge in [-0.25, -0.2) is 0 Å². The van der Waals surface area contributed by atoms with E-state index in [0.29, 0.717) is 17.8 Å². The Labute approximate surface area is 126 Å². The van der Waals surface area contributed by atoms with E-state index in [0.717, 1.165) is 11.1 Å². The molecule has 5 heteroatoms. The van der Waals surface area contributed by atoms with Gasteiger partial charge in [0.05, 0.1) is 0 Å². The molecule has 116 valence electrons. The van der Waals surface area contributed by atoms with Gasteiger partial charge in [0.1, 0.15) is 0 Å². The maximum absolute atomic E-state index is 12.1. The maximum atomic E-state index is 12.1. The van der Waals surface area contributed by atoms with Crippen LogP contribution in [0.3, 0.4) is 0 Å². The number of nitrogen functional groups attached to an aromatic ring is 1. The average molecular weight is 291 g/mol. The quantitative estimate of drug-likeness (QED) is 0.741. The predicted molar refractivity (Wildman–Crippen MR) is 85.2 cm³/mol. The van der Waals surface area contributed by atoms with Crippen molar-refractivity contribution in [1.82, 2.24) is 10.6 Å². The van der Waals surface area contributed by atoms with Crippen LogP contribution in [0.4, 0.5) is 5.69 Å². The summed E-state index contributed by atoms with van der Waals surface area (Å²) < 4.78 is 0. The van der Waals surface area contributed by atoms with Crippen LogP contribution in [0.2, 0.25) is 0 Å². The second-order valence-electron chi connectivity index (χ2n) is 6.33. The van der Waals surface area contributed by atoms with Crippen LogP contribution in [-0.2, 0) is 4.79 Å². The summed E-state index contributed by atoms with van der Waals surface area (Å²) in [4.78, 5) is 23.8. The number of nitrogens with two attached hydrogens (primary N) is 1. The molecule has 1 rings (SSSR count). The number of rotatable bonds is 4. The van der Waals surface area contributed by atoms with Crippen LogP contribution in [0.25, 0.3) is 0 Å². The summed E-state index contributed by atoms with van der Waals surface area (Å²) in [6.45, 7) is 9.83. The van der Waals surface area contributed by atoms with Crippen LogP contribution in [0.5, 0.6) is 0 Å². The van der Waals surface area contributed by atoms with Gasteiger partial charge in [-0.2, -0.15) is 0 Å². The molecular weight excluding hydrogens is 266 g/mol. The zero-order valence-corrected chi connectivity index (χ0v) is 13.5. The van der Waals surface area contributed by atoms with Gasteiger partial charge in [-0.15, -0.1) is 0 Å². The summed E-state index contributed by atoms with van der Waals surface area (Å²) in [6.07, 6.45) is 0.253. The highest BCUT2D eigenvalue weighted by atomic mass is 16.2. The molecule has 0 aromatic heterocycles. The molecule has 0 unspecified atom stereocenters. The molecule has 2 amide bonds. The van der Waals surface area contributed by atoms with Gasteiger partial charge in [-0.05, 0) is 51.8 Å². The Kier molecular flexibility index (Phi) is 5.35. The number of benzene rings is 1. The third-order valence-corrected chi connectivity index (χ3v) is 3.01. The molecule has 4 N–H and O–H groups in total. The third kappa shape index (κ3) is 5.45. The Hall–Kier alpha value is -2.04. The normalized spacial score (nSPS) is 11.1. The first-order valence-electron chi connectivity index (χ1n) is 7.06. The van der Waals surface area contributed by atoms with E-state index in [1.807, 2.05) is 40.7 Å². The van der Waals surface area contributed by atoms with E-state index in [1.165, 1.54) is 0 Å². The fourth-order valence-electron chi connectivity index (χ4n) is 1.98. The Balaban J connectivity index is 2.55. The lowest BCUT2D eigenvalue weighted by Gasteiger charge is -2.20. The lowest BCUT2D eigenvalue weighted by Crippen LogP contribution is -2.42. The van der Waals surface area contributed by atoms with Crippen LogP contribution in [0.15, 0.2) is 12.1 Å². The zero-order valence-electron chi connectivity index (χ0n) is 13.5. The summed E-state index contributed by atoms with van der Waals surface area (Å²) in [5.74, 6) is -0.286. The molecule has 0 atom stereocenters. The van der Waals surface area contributed by atoms with Crippen molar-refractivity contribution in [2.75, 3.05) is 12.3 Å². The lowest BCUT2D eigenvalue weighted by atomic mass is 10.0.